The van der Waals surface area contributed by atoms with E-state index in [1.54, 1.807) is 0 Å². The Morgan fingerprint density at radius 3 is 2.90 bits per heavy atom. The SMILES string of the molecule is CC1CCc2c(Cl)nc3c(ncn3C3CCCC3)c2N1. The van der Waals surface area contributed by atoms with Gasteiger partial charge in [0.1, 0.15) is 10.7 Å². The Bertz CT molecular complexity index is 657. The molecular weight excluding hydrogens is 272 g/mol. The van der Waals surface area contributed by atoms with E-state index in [0.29, 0.717) is 17.2 Å². The standard InChI is InChI=1S/C15H19ClN4/c1-9-6-7-11-12(18-9)13-15(19-14(11)16)20(8-17-13)10-4-2-3-5-10/h8-10,18H,2-7H2,1H3. The fraction of sp³-hybridized carbons (Fsp3) is 0.600. The number of rotatable bonds is 1. The van der Waals surface area contributed by atoms with Gasteiger partial charge in [0.05, 0.1) is 12.0 Å². The normalized spacial score (nSPS) is 23.0. The van der Waals surface area contributed by atoms with Crippen LogP contribution in [0, 0.1) is 0 Å². The summed E-state index contributed by atoms with van der Waals surface area (Å²) in [6.45, 7) is 2.21. The van der Waals surface area contributed by atoms with Gasteiger partial charge in [-0.2, -0.15) is 0 Å². The van der Waals surface area contributed by atoms with Crippen molar-refractivity contribution in [1.82, 2.24) is 14.5 Å². The molecule has 1 aliphatic heterocycles. The van der Waals surface area contributed by atoms with E-state index in [4.69, 9.17) is 11.6 Å². The highest BCUT2D eigenvalue weighted by Crippen LogP contribution is 2.38. The van der Waals surface area contributed by atoms with Gasteiger partial charge < -0.3 is 9.88 Å². The number of fused-ring (bicyclic) bond motifs is 3. The Kier molecular flexibility index (Phi) is 2.88. The first-order valence-electron chi connectivity index (χ1n) is 7.55. The zero-order valence-corrected chi connectivity index (χ0v) is 12.5. The number of imidazole rings is 1. The second-order valence-corrected chi connectivity index (χ2v) is 6.46. The van der Waals surface area contributed by atoms with Gasteiger partial charge in [-0.15, -0.1) is 0 Å². The van der Waals surface area contributed by atoms with Crippen LogP contribution < -0.4 is 5.32 Å². The highest BCUT2D eigenvalue weighted by Gasteiger charge is 2.25. The van der Waals surface area contributed by atoms with E-state index in [1.807, 2.05) is 6.33 Å². The minimum Gasteiger partial charge on any atom is -0.380 e. The summed E-state index contributed by atoms with van der Waals surface area (Å²) in [5.74, 6) is 0. The van der Waals surface area contributed by atoms with Crippen molar-refractivity contribution in [1.29, 1.82) is 0 Å². The Morgan fingerprint density at radius 1 is 1.30 bits per heavy atom. The molecule has 0 aromatic carbocycles. The molecule has 1 aliphatic carbocycles. The van der Waals surface area contributed by atoms with Crippen LogP contribution in [0.4, 0.5) is 5.69 Å². The van der Waals surface area contributed by atoms with Gasteiger partial charge in [-0.05, 0) is 32.6 Å². The first kappa shape index (κ1) is 12.5. The molecule has 1 saturated carbocycles. The van der Waals surface area contributed by atoms with E-state index in [0.717, 1.165) is 35.3 Å². The number of nitrogens with one attached hydrogen (secondary N) is 1. The van der Waals surface area contributed by atoms with Crippen LogP contribution in [0.3, 0.4) is 0 Å². The van der Waals surface area contributed by atoms with Gasteiger partial charge in [-0.25, -0.2) is 9.97 Å². The van der Waals surface area contributed by atoms with E-state index in [2.05, 4.69) is 26.8 Å². The molecular formula is C15H19ClN4. The average Bonchev–Trinajstić information content (AvgIpc) is 3.06. The number of hydrogen-bond donors (Lipinski definition) is 1. The first-order valence-corrected chi connectivity index (χ1v) is 7.93. The Morgan fingerprint density at radius 2 is 2.10 bits per heavy atom. The first-order chi connectivity index (χ1) is 9.74. The van der Waals surface area contributed by atoms with Crippen LogP contribution in [0.1, 0.15) is 50.6 Å². The van der Waals surface area contributed by atoms with Crippen LogP contribution in [0.2, 0.25) is 5.15 Å². The molecule has 1 N–H and O–H groups in total. The lowest BCUT2D eigenvalue weighted by Crippen LogP contribution is -2.23. The molecule has 106 valence electrons. The molecule has 3 heterocycles. The van der Waals surface area contributed by atoms with Crippen LogP contribution in [0.25, 0.3) is 11.2 Å². The van der Waals surface area contributed by atoms with Crippen molar-refractivity contribution >= 4 is 28.5 Å². The second kappa shape index (κ2) is 4.62. The molecule has 0 spiro atoms. The highest BCUT2D eigenvalue weighted by atomic mass is 35.5. The third-order valence-corrected chi connectivity index (χ3v) is 5.01. The monoisotopic (exact) mass is 290 g/mol. The molecule has 0 bridgehead atoms. The van der Waals surface area contributed by atoms with E-state index in [9.17, 15) is 0 Å². The predicted molar refractivity (Wildman–Crippen MR) is 81.4 cm³/mol. The van der Waals surface area contributed by atoms with Gasteiger partial charge in [0.15, 0.2) is 5.65 Å². The second-order valence-electron chi connectivity index (χ2n) is 6.10. The van der Waals surface area contributed by atoms with E-state index in [-0.39, 0.29) is 0 Å². The minimum atomic E-state index is 0.473. The molecule has 2 aromatic heterocycles. The third-order valence-electron chi connectivity index (χ3n) is 4.70. The van der Waals surface area contributed by atoms with E-state index in [1.165, 1.54) is 25.7 Å². The lowest BCUT2D eigenvalue weighted by atomic mass is 10.0. The van der Waals surface area contributed by atoms with Crippen molar-refractivity contribution in [2.75, 3.05) is 5.32 Å². The van der Waals surface area contributed by atoms with Crippen molar-refractivity contribution in [3.8, 4) is 0 Å². The van der Waals surface area contributed by atoms with Crippen molar-refractivity contribution < 1.29 is 0 Å². The molecule has 0 radical (unpaired) electrons. The zero-order chi connectivity index (χ0) is 13.7. The summed E-state index contributed by atoms with van der Waals surface area (Å²) < 4.78 is 2.23. The lowest BCUT2D eigenvalue weighted by molar-refractivity contribution is 0.529. The Balaban J connectivity index is 1.90. The number of pyridine rings is 1. The van der Waals surface area contributed by atoms with Crippen LogP contribution in [0.15, 0.2) is 6.33 Å². The topological polar surface area (TPSA) is 42.7 Å². The summed E-state index contributed by atoms with van der Waals surface area (Å²) in [6, 6.07) is 1.02. The molecule has 1 atom stereocenters. The molecule has 2 aliphatic rings. The summed E-state index contributed by atoms with van der Waals surface area (Å²) in [5, 5.41) is 4.19. The maximum Gasteiger partial charge on any atom is 0.163 e. The molecule has 0 saturated heterocycles. The average molecular weight is 291 g/mol. The molecule has 20 heavy (non-hydrogen) atoms. The van der Waals surface area contributed by atoms with Gasteiger partial charge in [-0.1, -0.05) is 24.4 Å². The van der Waals surface area contributed by atoms with Crippen molar-refractivity contribution in [2.24, 2.45) is 0 Å². The maximum absolute atomic E-state index is 6.41. The van der Waals surface area contributed by atoms with Gasteiger partial charge in [-0.3, -0.25) is 0 Å². The van der Waals surface area contributed by atoms with Crippen molar-refractivity contribution in [3.63, 3.8) is 0 Å². The van der Waals surface area contributed by atoms with Crippen molar-refractivity contribution in [3.05, 3.63) is 17.0 Å². The van der Waals surface area contributed by atoms with E-state index < -0.39 is 0 Å². The summed E-state index contributed by atoms with van der Waals surface area (Å²) in [7, 11) is 0. The summed E-state index contributed by atoms with van der Waals surface area (Å²) >= 11 is 6.41. The molecule has 1 fully saturated rings. The Hall–Kier alpha value is -1.29. The molecule has 5 heteroatoms. The zero-order valence-electron chi connectivity index (χ0n) is 11.7. The number of halogens is 1. The number of nitrogens with zero attached hydrogens (tertiary/aromatic N) is 3. The highest BCUT2D eigenvalue weighted by molar-refractivity contribution is 6.31. The largest absolute Gasteiger partial charge is 0.380 e. The number of hydrogen-bond acceptors (Lipinski definition) is 3. The molecule has 2 aromatic rings. The van der Waals surface area contributed by atoms with Gasteiger partial charge in [0.2, 0.25) is 0 Å². The van der Waals surface area contributed by atoms with Gasteiger partial charge in [0, 0.05) is 17.6 Å². The van der Waals surface area contributed by atoms with Crippen LogP contribution in [-0.2, 0) is 6.42 Å². The minimum absolute atomic E-state index is 0.473. The van der Waals surface area contributed by atoms with Gasteiger partial charge >= 0.3 is 0 Å². The molecule has 0 amide bonds. The predicted octanol–water partition coefficient (Wildman–Crippen LogP) is 3.95. The smallest absolute Gasteiger partial charge is 0.163 e. The number of anilines is 1. The third kappa shape index (κ3) is 1.81. The lowest BCUT2D eigenvalue weighted by Gasteiger charge is -2.25. The number of aromatic nitrogens is 3. The molecule has 4 nitrogen and oxygen atoms in total. The molecule has 1 unspecified atom stereocenters. The van der Waals surface area contributed by atoms with Gasteiger partial charge in [0.25, 0.3) is 0 Å². The summed E-state index contributed by atoms with van der Waals surface area (Å²) in [4.78, 5) is 9.28. The van der Waals surface area contributed by atoms with Crippen LogP contribution in [-0.4, -0.2) is 20.6 Å². The fourth-order valence-electron chi connectivity index (χ4n) is 3.56. The fourth-order valence-corrected chi connectivity index (χ4v) is 3.83. The van der Waals surface area contributed by atoms with E-state index >= 15 is 0 Å². The Labute approximate surface area is 123 Å². The quantitative estimate of drug-likeness (QED) is 0.809. The van der Waals surface area contributed by atoms with Crippen molar-refractivity contribution in [2.45, 2.75) is 57.5 Å². The van der Waals surface area contributed by atoms with Crippen LogP contribution in [0.5, 0.6) is 0 Å². The summed E-state index contributed by atoms with van der Waals surface area (Å²) in [6.07, 6.45) is 9.10. The maximum atomic E-state index is 6.41. The molecule has 4 rings (SSSR count). The summed E-state index contributed by atoms with van der Waals surface area (Å²) in [5.41, 5.74) is 4.18. The van der Waals surface area contributed by atoms with Crippen LogP contribution >= 0.6 is 11.6 Å².